The quantitative estimate of drug-likeness (QED) is 0.682. The smallest absolute Gasteiger partial charge is 0.253 e. The minimum atomic E-state index is -0.000177. The summed E-state index contributed by atoms with van der Waals surface area (Å²) in [4.78, 5) is 18.6. The molecule has 0 saturated carbocycles. The van der Waals surface area contributed by atoms with Crippen molar-refractivity contribution in [3.63, 3.8) is 0 Å². The molecule has 28 heavy (non-hydrogen) atoms. The number of ether oxygens (including phenoxy) is 1. The molecule has 0 bridgehead atoms. The molecule has 2 aromatic rings. The molecule has 0 fully saturated rings. The second-order valence-electron chi connectivity index (χ2n) is 7.05. The van der Waals surface area contributed by atoms with E-state index in [1.165, 1.54) is 0 Å². The first-order chi connectivity index (χ1) is 12.4. The van der Waals surface area contributed by atoms with E-state index in [0.717, 1.165) is 17.7 Å². The second-order valence-corrected chi connectivity index (χ2v) is 7.05. The van der Waals surface area contributed by atoms with Crippen LogP contribution in [0.2, 0.25) is 0 Å². The van der Waals surface area contributed by atoms with Crippen LogP contribution >= 0.6 is 24.8 Å². The van der Waals surface area contributed by atoms with E-state index in [4.69, 9.17) is 10.5 Å². The highest BCUT2D eigenvalue weighted by molar-refractivity contribution is 5.94. The zero-order valence-corrected chi connectivity index (χ0v) is 18.6. The predicted octanol–water partition coefficient (Wildman–Crippen LogP) is 4.26. The highest BCUT2D eigenvalue weighted by Gasteiger charge is 2.15. The molecule has 0 aliphatic rings. The summed E-state index contributed by atoms with van der Waals surface area (Å²) < 4.78 is 5.74. The van der Waals surface area contributed by atoms with Gasteiger partial charge in [-0.15, -0.1) is 24.8 Å². The molecule has 5 nitrogen and oxygen atoms in total. The van der Waals surface area contributed by atoms with Crippen molar-refractivity contribution in [3.05, 3.63) is 59.4 Å². The molecule has 1 atom stereocenters. The fourth-order valence-electron chi connectivity index (χ4n) is 2.50. The van der Waals surface area contributed by atoms with Crippen molar-refractivity contribution >= 4 is 30.7 Å². The summed E-state index contributed by atoms with van der Waals surface area (Å²) in [6, 6.07) is 11.4. The van der Waals surface area contributed by atoms with Crippen LogP contribution in [-0.4, -0.2) is 35.4 Å². The van der Waals surface area contributed by atoms with Crippen LogP contribution in [0.25, 0.3) is 0 Å². The van der Waals surface area contributed by atoms with Gasteiger partial charge in [-0.1, -0.05) is 26.0 Å². The van der Waals surface area contributed by atoms with Crippen molar-refractivity contribution in [1.29, 1.82) is 0 Å². The number of nitrogens with two attached hydrogens (primary N) is 1. The number of hydrogen-bond donors (Lipinski definition) is 1. The molecule has 7 heteroatoms. The van der Waals surface area contributed by atoms with Crippen molar-refractivity contribution in [3.8, 4) is 5.75 Å². The Morgan fingerprint density at radius 2 is 1.93 bits per heavy atom. The van der Waals surface area contributed by atoms with Crippen LogP contribution in [0, 0.1) is 12.8 Å². The lowest BCUT2D eigenvalue weighted by Gasteiger charge is -2.21. The summed E-state index contributed by atoms with van der Waals surface area (Å²) >= 11 is 0. The van der Waals surface area contributed by atoms with E-state index in [0.29, 0.717) is 30.4 Å². The number of rotatable bonds is 8. The van der Waals surface area contributed by atoms with E-state index >= 15 is 0 Å². The van der Waals surface area contributed by atoms with Crippen molar-refractivity contribution in [2.45, 2.75) is 39.8 Å². The number of aryl methyl sites for hydroxylation is 1. The molecule has 2 rings (SSSR count). The van der Waals surface area contributed by atoms with Gasteiger partial charge in [-0.05, 0) is 49.1 Å². The average molecular weight is 428 g/mol. The summed E-state index contributed by atoms with van der Waals surface area (Å²) in [5.41, 5.74) is 8.63. The highest BCUT2D eigenvalue weighted by atomic mass is 35.5. The van der Waals surface area contributed by atoms with E-state index in [2.05, 4.69) is 18.8 Å². The van der Waals surface area contributed by atoms with Gasteiger partial charge < -0.3 is 15.4 Å². The van der Waals surface area contributed by atoms with E-state index in [1.54, 1.807) is 11.1 Å². The SMILES string of the molecule is Cc1ccc(OCc2cccc(C(=O)N(C)CCC(N)C(C)C)c2)cn1.Cl.Cl. The number of hydrogen-bond acceptors (Lipinski definition) is 4. The number of carbonyl (C=O) groups excluding carboxylic acids is 1. The van der Waals surface area contributed by atoms with Crippen molar-refractivity contribution < 1.29 is 9.53 Å². The Morgan fingerprint density at radius 3 is 2.54 bits per heavy atom. The van der Waals surface area contributed by atoms with E-state index in [-0.39, 0.29) is 36.8 Å². The number of benzene rings is 1. The van der Waals surface area contributed by atoms with Crippen LogP contribution in [0.1, 0.15) is 41.9 Å². The van der Waals surface area contributed by atoms with Gasteiger partial charge in [0.2, 0.25) is 0 Å². The third-order valence-electron chi connectivity index (χ3n) is 4.46. The Morgan fingerprint density at radius 1 is 1.21 bits per heavy atom. The molecule has 156 valence electrons. The number of nitrogens with zero attached hydrogens (tertiary/aromatic N) is 2. The molecular weight excluding hydrogens is 397 g/mol. The van der Waals surface area contributed by atoms with Gasteiger partial charge in [-0.2, -0.15) is 0 Å². The van der Waals surface area contributed by atoms with Crippen LogP contribution < -0.4 is 10.5 Å². The zero-order valence-electron chi connectivity index (χ0n) is 16.9. The number of carbonyl (C=O) groups is 1. The first-order valence-corrected chi connectivity index (χ1v) is 9.02. The molecule has 1 unspecified atom stereocenters. The monoisotopic (exact) mass is 427 g/mol. The van der Waals surface area contributed by atoms with Crippen LogP contribution in [0.4, 0.5) is 0 Å². The fourth-order valence-corrected chi connectivity index (χ4v) is 2.50. The normalized spacial score (nSPS) is 11.2. The first kappa shape index (κ1) is 26.2. The minimum absolute atomic E-state index is 0. The zero-order chi connectivity index (χ0) is 19.1. The Balaban J connectivity index is 0.00000364. The van der Waals surface area contributed by atoms with Gasteiger partial charge in [-0.25, -0.2) is 0 Å². The Bertz CT molecular complexity index is 724. The maximum Gasteiger partial charge on any atom is 0.253 e. The minimum Gasteiger partial charge on any atom is -0.487 e. The molecule has 0 aliphatic heterocycles. The number of pyridine rings is 1. The Hall–Kier alpha value is -1.82. The Kier molecular flexibility index (Phi) is 11.8. The standard InChI is InChI=1S/C21H29N3O2.2ClH/c1-15(2)20(22)10-11-24(4)21(25)18-7-5-6-17(12-18)14-26-19-9-8-16(3)23-13-19;;/h5-9,12-13,15,20H,10-11,14,22H2,1-4H3;2*1H. The van der Waals surface area contributed by atoms with E-state index in [1.807, 2.05) is 50.4 Å². The summed E-state index contributed by atoms with van der Waals surface area (Å²) in [6.45, 7) is 7.17. The number of halogens is 2. The molecule has 0 saturated heterocycles. The lowest BCUT2D eigenvalue weighted by Crippen LogP contribution is -2.34. The topological polar surface area (TPSA) is 68.5 Å². The largest absolute Gasteiger partial charge is 0.487 e. The molecule has 0 spiro atoms. The summed E-state index contributed by atoms with van der Waals surface area (Å²) in [5, 5.41) is 0. The Labute approximate surface area is 180 Å². The lowest BCUT2D eigenvalue weighted by molar-refractivity contribution is 0.0789. The molecule has 2 N–H and O–H groups in total. The van der Waals surface area contributed by atoms with Crippen LogP contribution in [0.3, 0.4) is 0 Å². The van der Waals surface area contributed by atoms with Gasteiger partial charge in [0, 0.05) is 30.9 Å². The third-order valence-corrected chi connectivity index (χ3v) is 4.46. The van der Waals surface area contributed by atoms with Crippen molar-refractivity contribution in [1.82, 2.24) is 9.88 Å². The first-order valence-electron chi connectivity index (χ1n) is 9.02. The third kappa shape index (κ3) is 8.05. The summed E-state index contributed by atoms with van der Waals surface area (Å²) in [5.74, 6) is 1.13. The van der Waals surface area contributed by atoms with E-state index < -0.39 is 0 Å². The number of amides is 1. The van der Waals surface area contributed by atoms with Crippen LogP contribution in [-0.2, 0) is 6.61 Å². The molecule has 1 aromatic heterocycles. The maximum atomic E-state index is 12.6. The van der Waals surface area contributed by atoms with Gasteiger partial charge in [-0.3, -0.25) is 9.78 Å². The van der Waals surface area contributed by atoms with Crippen molar-refractivity contribution in [2.75, 3.05) is 13.6 Å². The number of aromatic nitrogens is 1. The molecule has 0 radical (unpaired) electrons. The maximum absolute atomic E-state index is 12.6. The van der Waals surface area contributed by atoms with Gasteiger partial charge in [0.25, 0.3) is 5.91 Å². The second kappa shape index (κ2) is 12.6. The van der Waals surface area contributed by atoms with Crippen molar-refractivity contribution in [2.24, 2.45) is 11.7 Å². The van der Waals surface area contributed by atoms with E-state index in [9.17, 15) is 4.79 Å². The molecular formula is C21H31Cl2N3O2. The van der Waals surface area contributed by atoms with Gasteiger partial charge in [0.1, 0.15) is 12.4 Å². The highest BCUT2D eigenvalue weighted by Crippen LogP contribution is 2.14. The predicted molar refractivity (Wildman–Crippen MR) is 119 cm³/mol. The summed E-state index contributed by atoms with van der Waals surface area (Å²) in [7, 11) is 1.82. The lowest BCUT2D eigenvalue weighted by atomic mass is 10.0. The summed E-state index contributed by atoms with van der Waals surface area (Å²) in [6.07, 6.45) is 2.50. The molecule has 1 aromatic carbocycles. The molecule has 0 aliphatic carbocycles. The van der Waals surface area contributed by atoms with Gasteiger partial charge >= 0.3 is 0 Å². The van der Waals surface area contributed by atoms with Gasteiger partial charge in [0.15, 0.2) is 0 Å². The van der Waals surface area contributed by atoms with Gasteiger partial charge in [0.05, 0.1) is 6.20 Å². The van der Waals surface area contributed by atoms with Crippen LogP contribution in [0.15, 0.2) is 42.6 Å². The van der Waals surface area contributed by atoms with Crippen LogP contribution in [0.5, 0.6) is 5.75 Å². The fraction of sp³-hybridized carbons (Fsp3) is 0.429. The average Bonchev–Trinajstić information content (AvgIpc) is 2.64. The molecule has 1 heterocycles. The molecule has 1 amide bonds.